The number of rotatable bonds is 5. The molecule has 0 aliphatic carbocycles. The van der Waals surface area contributed by atoms with Gasteiger partial charge in [0.15, 0.2) is 0 Å². The SMILES string of the molecule is CCN(C(=O)c1csc(C2CCN(C(=O)c3c(F)cccc3Cl)CC2)n1)c1nncs1. The van der Waals surface area contributed by atoms with Gasteiger partial charge in [-0.25, -0.2) is 9.37 Å². The van der Waals surface area contributed by atoms with E-state index in [1.807, 2.05) is 6.92 Å². The Morgan fingerprint density at radius 2 is 2.06 bits per heavy atom. The second-order valence-electron chi connectivity index (χ2n) is 7.00. The second-order valence-corrected chi connectivity index (χ2v) is 9.11. The van der Waals surface area contributed by atoms with Crippen molar-refractivity contribution in [2.45, 2.75) is 25.7 Å². The van der Waals surface area contributed by atoms with Gasteiger partial charge in [-0.15, -0.1) is 21.5 Å². The molecule has 1 fully saturated rings. The lowest BCUT2D eigenvalue weighted by Crippen LogP contribution is -2.38. The van der Waals surface area contributed by atoms with Gasteiger partial charge < -0.3 is 4.90 Å². The van der Waals surface area contributed by atoms with Crippen molar-refractivity contribution in [2.24, 2.45) is 0 Å². The summed E-state index contributed by atoms with van der Waals surface area (Å²) < 4.78 is 14.1. The predicted octanol–water partition coefficient (Wildman–Crippen LogP) is 4.47. The third kappa shape index (κ3) is 4.46. The Labute approximate surface area is 191 Å². The van der Waals surface area contributed by atoms with Crippen LogP contribution < -0.4 is 4.90 Å². The molecule has 0 N–H and O–H groups in total. The molecule has 162 valence electrons. The number of hydrogen-bond acceptors (Lipinski definition) is 7. The van der Waals surface area contributed by atoms with Crippen LogP contribution in [0.4, 0.5) is 9.52 Å². The molecular formula is C20H19ClFN5O2S2. The number of anilines is 1. The van der Waals surface area contributed by atoms with E-state index in [-0.39, 0.29) is 22.4 Å². The Balaban J connectivity index is 1.41. The molecule has 0 radical (unpaired) electrons. The van der Waals surface area contributed by atoms with Crippen molar-refractivity contribution < 1.29 is 14.0 Å². The van der Waals surface area contributed by atoms with Crippen LogP contribution in [0.15, 0.2) is 29.1 Å². The van der Waals surface area contributed by atoms with Crippen molar-refractivity contribution in [2.75, 3.05) is 24.5 Å². The van der Waals surface area contributed by atoms with Gasteiger partial charge >= 0.3 is 0 Å². The van der Waals surface area contributed by atoms with E-state index in [1.54, 1.807) is 20.7 Å². The Kier molecular flexibility index (Phi) is 6.59. The van der Waals surface area contributed by atoms with Gasteiger partial charge in [0.05, 0.1) is 15.6 Å². The molecule has 7 nitrogen and oxygen atoms in total. The first-order chi connectivity index (χ1) is 15.0. The molecule has 1 aliphatic rings. The number of carbonyl (C=O) groups is 2. The molecule has 31 heavy (non-hydrogen) atoms. The number of benzene rings is 1. The minimum atomic E-state index is -0.612. The zero-order valence-electron chi connectivity index (χ0n) is 16.6. The van der Waals surface area contributed by atoms with E-state index in [0.717, 1.165) is 5.01 Å². The highest BCUT2D eigenvalue weighted by Crippen LogP contribution is 2.32. The van der Waals surface area contributed by atoms with E-state index in [4.69, 9.17) is 11.6 Å². The first-order valence-electron chi connectivity index (χ1n) is 9.76. The van der Waals surface area contributed by atoms with E-state index < -0.39 is 11.7 Å². The summed E-state index contributed by atoms with van der Waals surface area (Å²) in [6, 6.07) is 4.23. The standard InChI is InChI=1S/C20H19ClFN5O2S2/c1-2-27(20-25-23-11-31-20)18(28)15-10-30-17(24-15)12-6-8-26(9-7-12)19(29)16-13(21)4-3-5-14(16)22/h3-5,10-12H,2,6-9H2,1H3. The van der Waals surface area contributed by atoms with Gasteiger partial charge in [0.25, 0.3) is 11.8 Å². The zero-order chi connectivity index (χ0) is 22.0. The number of nitrogens with zero attached hydrogens (tertiary/aromatic N) is 5. The zero-order valence-corrected chi connectivity index (χ0v) is 19.0. The monoisotopic (exact) mass is 479 g/mol. The third-order valence-electron chi connectivity index (χ3n) is 5.19. The van der Waals surface area contributed by atoms with Crippen molar-refractivity contribution in [3.8, 4) is 0 Å². The maximum absolute atomic E-state index is 14.1. The minimum absolute atomic E-state index is 0.0823. The number of halogens is 2. The maximum Gasteiger partial charge on any atom is 0.279 e. The summed E-state index contributed by atoms with van der Waals surface area (Å²) in [6.07, 6.45) is 1.37. The predicted molar refractivity (Wildman–Crippen MR) is 119 cm³/mol. The molecule has 4 rings (SSSR count). The minimum Gasteiger partial charge on any atom is -0.338 e. The molecule has 1 saturated heterocycles. The molecule has 0 spiro atoms. The molecule has 11 heteroatoms. The molecule has 1 aromatic carbocycles. The van der Waals surface area contributed by atoms with Gasteiger partial charge in [0.2, 0.25) is 5.13 Å². The first kappa shape index (κ1) is 21.8. The lowest BCUT2D eigenvalue weighted by Gasteiger charge is -2.31. The van der Waals surface area contributed by atoms with Gasteiger partial charge in [-0.2, -0.15) is 0 Å². The summed E-state index contributed by atoms with van der Waals surface area (Å²) in [5.41, 5.74) is 1.89. The number of amides is 2. The third-order valence-corrected chi connectivity index (χ3v) is 7.22. The Morgan fingerprint density at radius 3 is 2.71 bits per heavy atom. The average Bonchev–Trinajstić information content (AvgIpc) is 3.47. The number of hydrogen-bond donors (Lipinski definition) is 0. The smallest absolute Gasteiger partial charge is 0.279 e. The fraction of sp³-hybridized carbons (Fsp3) is 0.350. The molecule has 1 aliphatic heterocycles. The summed E-state index contributed by atoms with van der Waals surface area (Å²) in [5.74, 6) is -1.07. The van der Waals surface area contributed by atoms with Gasteiger partial charge in [0, 0.05) is 30.9 Å². The summed E-state index contributed by atoms with van der Waals surface area (Å²) >= 11 is 8.78. The first-order valence-corrected chi connectivity index (χ1v) is 11.9. The van der Waals surface area contributed by atoms with Crippen molar-refractivity contribution in [1.82, 2.24) is 20.1 Å². The fourth-order valence-electron chi connectivity index (χ4n) is 3.55. The molecule has 3 aromatic rings. The Morgan fingerprint density at radius 1 is 1.29 bits per heavy atom. The molecule has 2 amide bonds. The van der Waals surface area contributed by atoms with Crippen molar-refractivity contribution in [3.63, 3.8) is 0 Å². The van der Waals surface area contributed by atoms with E-state index in [9.17, 15) is 14.0 Å². The molecule has 3 heterocycles. The highest BCUT2D eigenvalue weighted by atomic mass is 35.5. The Hall–Kier alpha value is -2.43. The molecule has 0 saturated carbocycles. The van der Waals surface area contributed by atoms with Crippen LogP contribution in [-0.4, -0.2) is 51.5 Å². The number of likely N-dealkylation sites (tertiary alicyclic amines) is 1. The summed E-state index contributed by atoms with van der Waals surface area (Å²) in [7, 11) is 0. The summed E-state index contributed by atoms with van der Waals surface area (Å²) in [6.45, 7) is 3.30. The van der Waals surface area contributed by atoms with Crippen LogP contribution in [-0.2, 0) is 0 Å². The molecule has 0 unspecified atom stereocenters. The summed E-state index contributed by atoms with van der Waals surface area (Å²) in [4.78, 5) is 33.3. The van der Waals surface area contributed by atoms with Crippen LogP contribution in [0.5, 0.6) is 0 Å². The van der Waals surface area contributed by atoms with Crippen LogP contribution in [0, 0.1) is 5.82 Å². The van der Waals surface area contributed by atoms with E-state index in [1.165, 1.54) is 40.9 Å². The second kappa shape index (κ2) is 9.37. The topological polar surface area (TPSA) is 79.3 Å². The lowest BCUT2D eigenvalue weighted by molar-refractivity contribution is 0.0708. The molecular weight excluding hydrogens is 461 g/mol. The van der Waals surface area contributed by atoms with E-state index in [2.05, 4.69) is 15.2 Å². The fourth-order valence-corrected chi connectivity index (χ4v) is 5.38. The van der Waals surface area contributed by atoms with Crippen LogP contribution >= 0.6 is 34.3 Å². The van der Waals surface area contributed by atoms with Crippen LogP contribution in [0.3, 0.4) is 0 Å². The van der Waals surface area contributed by atoms with Crippen LogP contribution in [0.25, 0.3) is 0 Å². The molecule has 2 aromatic heterocycles. The highest BCUT2D eigenvalue weighted by Gasteiger charge is 2.30. The maximum atomic E-state index is 14.1. The molecule has 0 bridgehead atoms. The Bertz CT molecular complexity index is 1060. The van der Waals surface area contributed by atoms with Crippen molar-refractivity contribution in [3.05, 3.63) is 56.2 Å². The number of piperidine rings is 1. The van der Waals surface area contributed by atoms with Crippen LogP contribution in [0.2, 0.25) is 5.02 Å². The van der Waals surface area contributed by atoms with Gasteiger partial charge in [0.1, 0.15) is 17.0 Å². The van der Waals surface area contributed by atoms with Gasteiger partial charge in [-0.3, -0.25) is 14.5 Å². The lowest BCUT2D eigenvalue weighted by atomic mass is 9.97. The summed E-state index contributed by atoms with van der Waals surface area (Å²) in [5, 5.41) is 11.1. The normalized spacial score (nSPS) is 14.6. The number of carbonyl (C=O) groups excluding carboxylic acids is 2. The van der Waals surface area contributed by atoms with Gasteiger partial charge in [-0.05, 0) is 31.9 Å². The molecule has 0 atom stereocenters. The quantitative estimate of drug-likeness (QED) is 0.539. The highest BCUT2D eigenvalue weighted by molar-refractivity contribution is 7.13. The average molecular weight is 480 g/mol. The number of aromatic nitrogens is 3. The van der Waals surface area contributed by atoms with Crippen molar-refractivity contribution >= 4 is 51.2 Å². The van der Waals surface area contributed by atoms with Gasteiger partial charge in [-0.1, -0.05) is 29.0 Å². The van der Waals surface area contributed by atoms with Crippen molar-refractivity contribution in [1.29, 1.82) is 0 Å². The van der Waals surface area contributed by atoms with E-state index in [0.29, 0.717) is 43.3 Å². The number of thiazole rings is 1. The van der Waals surface area contributed by atoms with E-state index >= 15 is 0 Å². The van der Waals surface area contributed by atoms with Crippen LogP contribution in [0.1, 0.15) is 51.5 Å². The largest absolute Gasteiger partial charge is 0.338 e.